The highest BCUT2D eigenvalue weighted by Gasteiger charge is 2.53. The summed E-state index contributed by atoms with van der Waals surface area (Å²) in [5.41, 5.74) is 29.8. The summed E-state index contributed by atoms with van der Waals surface area (Å²) in [5.74, 6) is 5.47. The van der Waals surface area contributed by atoms with Crippen molar-refractivity contribution in [3.05, 3.63) is 296 Å². The topological polar surface area (TPSA) is 64.6 Å². The van der Waals surface area contributed by atoms with Gasteiger partial charge in [-0.1, -0.05) is 268 Å². The summed E-state index contributed by atoms with van der Waals surface area (Å²) in [7, 11) is 0. The van der Waals surface area contributed by atoms with Crippen LogP contribution in [0.5, 0.6) is 0 Å². The number of fused-ring (bicyclic) bond motifs is 17. The first-order valence-electron chi connectivity index (χ1n) is 44.5. The second-order valence-corrected chi connectivity index (χ2v) is 35.9. The minimum absolute atomic E-state index is 0.282. The Morgan fingerprint density at radius 1 is 0.304 bits per heavy atom. The zero-order valence-electron chi connectivity index (χ0n) is 73.0. The van der Waals surface area contributed by atoms with Crippen LogP contribution in [0.4, 0.5) is 0 Å². The molecule has 10 atom stereocenters. The van der Waals surface area contributed by atoms with E-state index in [0.717, 1.165) is 114 Å². The van der Waals surface area contributed by atoms with Crippen LogP contribution in [0.15, 0.2) is 212 Å². The molecule has 0 heterocycles. The fraction of sp³-hybridized carbons (Fsp3) is 0.481. The average molecular weight is 1550 g/mol. The first kappa shape index (κ1) is 86.8. The predicted octanol–water partition coefficient (Wildman–Crippen LogP) is 26.0. The number of hydrogen-bond donors (Lipinski definition) is 0. The maximum atomic E-state index is 6.28. The molecule has 0 saturated heterocycles. The molecular weight excluding hydrogens is 1410 g/mol. The summed E-state index contributed by atoms with van der Waals surface area (Å²) < 4.78 is 41.7. The van der Waals surface area contributed by atoms with Gasteiger partial charge in [-0.2, -0.15) is 0 Å². The second kappa shape index (κ2) is 41.7. The highest BCUT2D eigenvalue weighted by Crippen LogP contribution is 2.57. The Morgan fingerprint density at radius 2 is 0.652 bits per heavy atom. The summed E-state index contributed by atoms with van der Waals surface area (Å²) in [4.78, 5) is 0. The van der Waals surface area contributed by atoms with Crippen LogP contribution in [-0.4, -0.2) is 67.1 Å². The Balaban J connectivity index is 0.000000124. The van der Waals surface area contributed by atoms with E-state index in [0.29, 0.717) is 78.8 Å². The van der Waals surface area contributed by atoms with E-state index in [1.54, 1.807) is 0 Å². The lowest BCUT2D eigenvalue weighted by Gasteiger charge is -2.33. The molecule has 2 bridgehead atoms. The largest absolute Gasteiger partial charge is 0.375 e. The van der Waals surface area contributed by atoms with Crippen molar-refractivity contribution < 1.29 is 33.2 Å². The zero-order valence-corrected chi connectivity index (χ0v) is 73.0. The molecule has 0 N–H and O–H groups in total. The maximum Gasteiger partial charge on any atom is 0.0723 e. The number of allylic oxidation sites excluding steroid dienone is 2. The molecule has 0 aromatic heterocycles. The van der Waals surface area contributed by atoms with Crippen LogP contribution in [0.3, 0.4) is 0 Å². The number of rotatable bonds is 22. The average Bonchev–Trinajstić information content (AvgIpc) is 1.60. The second-order valence-electron chi connectivity index (χ2n) is 35.9. The molecule has 0 spiro atoms. The van der Waals surface area contributed by atoms with Gasteiger partial charge in [0.1, 0.15) is 0 Å². The fourth-order valence-electron chi connectivity index (χ4n) is 18.3. The smallest absolute Gasteiger partial charge is 0.0723 e. The molecule has 0 radical (unpaired) electrons. The van der Waals surface area contributed by atoms with Crippen molar-refractivity contribution in [3.8, 4) is 33.4 Å². The normalized spacial score (nSPS) is 19.7. The van der Waals surface area contributed by atoms with Crippen molar-refractivity contribution in [1.82, 2.24) is 0 Å². The SMILES string of the molecule is CC(C)C(C)OC1CC2CC1C1C=CCC21.CC(C)C(C)OC1Cc2ccccc2C1.CC(C)C(C)OCc1cccc2c1Cc1ccccc1-2.CC(C)OC1Cc2ccccc2C1.CC(C)OCc1cccc2c1Cc1ccccc1-2.CCC(C)OC1Cc2ccccc2C1.CCC(C)OCc1cccc2c1Cc1ccccc1-2. The molecule has 2 saturated carbocycles. The summed E-state index contributed by atoms with van der Waals surface area (Å²) in [6.07, 6.45) is 25.1. The van der Waals surface area contributed by atoms with Gasteiger partial charge in [0.15, 0.2) is 0 Å². The third-order valence-electron chi connectivity index (χ3n) is 26.1. The van der Waals surface area contributed by atoms with Gasteiger partial charge in [0.25, 0.3) is 0 Å². The van der Waals surface area contributed by atoms with Crippen LogP contribution in [0.1, 0.15) is 233 Å². The highest BCUT2D eigenvalue weighted by atomic mass is 16.5. The monoisotopic (exact) mass is 1550 g/mol. The first-order valence-corrected chi connectivity index (χ1v) is 44.5. The van der Waals surface area contributed by atoms with Crippen molar-refractivity contribution in [3.63, 3.8) is 0 Å². The van der Waals surface area contributed by atoms with Gasteiger partial charge in [0, 0.05) is 0 Å². The molecule has 10 unspecified atom stereocenters. The zero-order chi connectivity index (χ0) is 81.2. The van der Waals surface area contributed by atoms with Crippen LogP contribution >= 0.6 is 0 Å². The molecule has 0 aliphatic heterocycles. The standard InChI is InChI=1S/C19H22O.C18H20O.C17H18O.C15H24O.C14H20O.C13H18O.C12H16O/c1-13(2)14(3)20-12-16-8-6-10-18-17-9-5-4-7-15(17)11-19(16)18;1-3-13(2)19-12-15-8-6-10-17-16-9-5-4-7-14(16)11-18(15)17;1-12(2)18-11-14-7-5-9-16-15-8-4-3-6-13(15)10-17(14)16;1-9(2)10(3)16-15-8-11-7-14(15)13-6-4-5-12(11)13;1-10(2)11(3)15-14-8-12-6-4-5-7-13(12)9-14;1-3-10(2)14-13-8-11-6-4-5-7-12(11)9-13;1-9(2)13-12-7-10-5-3-4-6-11(10)8-12/h4-10,13-14H,11-12H2,1-3H3;4-10,13H,3,11-12H2,1-2H3;3-9,12H,10-11H2,1-2H3;4,6,9-15H,5,7-8H2,1-3H3;4-7,10-11,14H,8-9H2,1-3H3;4-7,10,13H,3,8-9H2,1-2H3;3-6,9,12H,7-8H2,1-2H3. The van der Waals surface area contributed by atoms with Crippen LogP contribution in [0, 0.1) is 41.4 Å². The van der Waals surface area contributed by atoms with Gasteiger partial charge in [-0.3, -0.25) is 0 Å². The number of benzene rings is 9. The highest BCUT2D eigenvalue weighted by molar-refractivity contribution is 5.80. The van der Waals surface area contributed by atoms with Crippen molar-refractivity contribution in [2.24, 2.45) is 41.4 Å². The molecule has 612 valence electrons. The summed E-state index contributed by atoms with van der Waals surface area (Å²) >= 11 is 0. The minimum Gasteiger partial charge on any atom is -0.375 e. The molecule has 115 heavy (non-hydrogen) atoms. The van der Waals surface area contributed by atoms with Gasteiger partial charge in [-0.15, -0.1) is 0 Å². The molecule has 9 aliphatic rings. The van der Waals surface area contributed by atoms with Crippen molar-refractivity contribution in [2.75, 3.05) is 0 Å². The Morgan fingerprint density at radius 3 is 1.03 bits per heavy atom. The van der Waals surface area contributed by atoms with E-state index in [4.69, 9.17) is 33.2 Å². The van der Waals surface area contributed by atoms with Crippen LogP contribution in [0.2, 0.25) is 0 Å². The molecule has 18 rings (SSSR count). The van der Waals surface area contributed by atoms with Gasteiger partial charge in [0.05, 0.1) is 87.0 Å². The summed E-state index contributed by atoms with van der Waals surface area (Å²) in [6, 6.07) is 71.8. The minimum atomic E-state index is 0.282. The lowest BCUT2D eigenvalue weighted by Crippen LogP contribution is -2.34. The van der Waals surface area contributed by atoms with Crippen molar-refractivity contribution in [1.29, 1.82) is 0 Å². The van der Waals surface area contributed by atoms with E-state index < -0.39 is 0 Å². The molecule has 9 aromatic carbocycles. The van der Waals surface area contributed by atoms with Crippen LogP contribution in [-0.2, 0) is 111 Å². The molecule has 9 aliphatic carbocycles. The third kappa shape index (κ3) is 22.8. The third-order valence-corrected chi connectivity index (χ3v) is 26.1. The first-order chi connectivity index (χ1) is 55.6. The van der Waals surface area contributed by atoms with E-state index >= 15 is 0 Å². The van der Waals surface area contributed by atoms with Crippen LogP contribution in [0.25, 0.3) is 33.4 Å². The Hall–Kier alpha value is -7.56. The molecule has 7 nitrogen and oxygen atoms in total. The lowest BCUT2D eigenvalue weighted by atomic mass is 9.80. The molecular formula is C108H138O7. The number of ether oxygens (including phenoxy) is 7. The van der Waals surface area contributed by atoms with E-state index in [-0.39, 0.29) is 6.10 Å². The Labute approximate surface area is 694 Å². The lowest BCUT2D eigenvalue weighted by molar-refractivity contribution is -0.0631. The molecule has 2 fully saturated rings. The van der Waals surface area contributed by atoms with E-state index in [1.807, 2.05) is 0 Å². The Kier molecular flexibility index (Phi) is 31.5. The summed E-state index contributed by atoms with van der Waals surface area (Å²) in [6.45, 7) is 39.1. The quantitative estimate of drug-likeness (QED) is 0.0627. The predicted molar refractivity (Wildman–Crippen MR) is 479 cm³/mol. The van der Waals surface area contributed by atoms with E-state index in [9.17, 15) is 0 Å². The molecule has 0 amide bonds. The van der Waals surface area contributed by atoms with Gasteiger partial charge in [-0.05, 0) is 310 Å². The summed E-state index contributed by atoms with van der Waals surface area (Å²) in [5, 5.41) is 0. The van der Waals surface area contributed by atoms with Gasteiger partial charge in [-0.25, -0.2) is 0 Å². The van der Waals surface area contributed by atoms with E-state index in [2.05, 4.69) is 330 Å². The Bertz CT molecular complexity index is 4500. The van der Waals surface area contributed by atoms with E-state index in [1.165, 1.54) is 136 Å². The number of hydrogen-bond acceptors (Lipinski definition) is 7. The van der Waals surface area contributed by atoms with Gasteiger partial charge in [0.2, 0.25) is 0 Å². The molecule has 9 aromatic rings. The van der Waals surface area contributed by atoms with Crippen molar-refractivity contribution >= 4 is 0 Å². The van der Waals surface area contributed by atoms with Gasteiger partial charge < -0.3 is 33.2 Å². The van der Waals surface area contributed by atoms with Gasteiger partial charge >= 0.3 is 0 Å². The maximum absolute atomic E-state index is 6.28. The molecule has 7 heteroatoms. The van der Waals surface area contributed by atoms with Crippen molar-refractivity contribution in [2.45, 2.75) is 295 Å². The van der Waals surface area contributed by atoms with Crippen LogP contribution < -0.4 is 0 Å². The fourth-order valence-corrected chi connectivity index (χ4v) is 18.3.